The number of aromatic hydroxyl groups is 1. The number of halogens is 3. The number of phenolic OH excluding ortho intramolecular Hbond substituents is 1. The van der Waals surface area contributed by atoms with Crippen LogP contribution in [-0.4, -0.2) is 18.4 Å². The minimum absolute atomic E-state index is 0.154. The third-order valence-corrected chi connectivity index (χ3v) is 1.68. The number of phenols is 1. The summed E-state index contributed by atoms with van der Waals surface area (Å²) in [7, 11) is 1.37. The lowest BCUT2D eigenvalue weighted by molar-refractivity contribution is -0.127. The van der Waals surface area contributed by atoms with Crippen LogP contribution in [0, 0.1) is 0 Å². The average Bonchev–Trinajstić information content (AvgIpc) is 2.06. The van der Waals surface area contributed by atoms with Crippen LogP contribution in [0.5, 0.6) is 11.5 Å². The van der Waals surface area contributed by atoms with E-state index in [0.717, 1.165) is 6.07 Å². The Morgan fingerprint density at radius 2 is 2.00 bits per heavy atom. The molecule has 0 atom stereocenters. The second-order valence-electron chi connectivity index (χ2n) is 2.79. The minimum Gasteiger partial charge on any atom is -0.508 e. The molecule has 1 aromatic rings. The lowest BCUT2D eigenvalue weighted by atomic mass is 10.1. The van der Waals surface area contributed by atoms with E-state index in [1.807, 2.05) is 0 Å². The fraction of sp³-hybridized carbons (Fsp3) is 0.333. The van der Waals surface area contributed by atoms with Gasteiger partial charge in [0.25, 0.3) is 0 Å². The molecule has 0 saturated heterocycles. The number of alkyl halides is 3. The summed E-state index contributed by atoms with van der Waals surface area (Å²) in [4.78, 5) is 0. The molecule has 14 heavy (non-hydrogen) atoms. The first-order valence-corrected chi connectivity index (χ1v) is 3.85. The summed E-state index contributed by atoms with van der Waals surface area (Å²) in [5, 5.41) is 9.21. The highest BCUT2D eigenvalue weighted by Crippen LogP contribution is 2.29. The maximum Gasteiger partial charge on any atom is 0.393 e. The first-order valence-electron chi connectivity index (χ1n) is 3.85. The summed E-state index contributed by atoms with van der Waals surface area (Å²) in [5.74, 6) is -0.0740. The van der Waals surface area contributed by atoms with E-state index in [-0.39, 0.29) is 5.56 Å². The second kappa shape index (κ2) is 3.77. The molecule has 0 aliphatic rings. The van der Waals surface area contributed by atoms with Gasteiger partial charge in [-0.1, -0.05) is 6.07 Å². The molecular formula is C9H9F3O2. The van der Waals surface area contributed by atoms with Gasteiger partial charge in [-0.05, 0) is 6.07 Å². The van der Waals surface area contributed by atoms with Crippen LogP contribution in [0.4, 0.5) is 13.2 Å². The normalized spacial score (nSPS) is 11.4. The summed E-state index contributed by atoms with van der Waals surface area (Å²) in [6.45, 7) is 0. The summed E-state index contributed by atoms with van der Waals surface area (Å²) in [5.41, 5.74) is -0.154. The number of methoxy groups -OCH3 is 1. The third kappa shape index (κ3) is 2.83. The van der Waals surface area contributed by atoms with Crippen LogP contribution in [0.15, 0.2) is 18.2 Å². The highest BCUT2D eigenvalue weighted by atomic mass is 19.4. The summed E-state index contributed by atoms with van der Waals surface area (Å²) < 4.78 is 40.6. The summed E-state index contributed by atoms with van der Waals surface area (Å²) in [6.07, 6.45) is -5.45. The van der Waals surface area contributed by atoms with Crippen LogP contribution < -0.4 is 4.74 Å². The third-order valence-electron chi connectivity index (χ3n) is 1.68. The van der Waals surface area contributed by atoms with Gasteiger partial charge in [-0.2, -0.15) is 13.2 Å². The smallest absolute Gasteiger partial charge is 0.393 e. The van der Waals surface area contributed by atoms with Crippen molar-refractivity contribution in [3.63, 3.8) is 0 Å². The van der Waals surface area contributed by atoms with E-state index >= 15 is 0 Å². The fourth-order valence-electron chi connectivity index (χ4n) is 1.04. The van der Waals surface area contributed by atoms with Gasteiger partial charge < -0.3 is 9.84 Å². The maximum atomic E-state index is 12.0. The van der Waals surface area contributed by atoms with Gasteiger partial charge in [-0.3, -0.25) is 0 Å². The Bertz CT molecular complexity index is 320. The van der Waals surface area contributed by atoms with Crippen LogP contribution in [0.2, 0.25) is 0 Å². The number of hydrogen-bond donors (Lipinski definition) is 1. The van der Waals surface area contributed by atoms with Crippen molar-refractivity contribution in [2.45, 2.75) is 12.6 Å². The van der Waals surface area contributed by atoms with Gasteiger partial charge >= 0.3 is 6.18 Å². The summed E-state index contributed by atoms with van der Waals surface area (Å²) >= 11 is 0. The van der Waals surface area contributed by atoms with Crippen molar-refractivity contribution in [2.75, 3.05) is 7.11 Å². The van der Waals surface area contributed by atoms with E-state index in [0.29, 0.717) is 5.75 Å². The zero-order chi connectivity index (χ0) is 10.8. The van der Waals surface area contributed by atoms with Gasteiger partial charge in [-0.15, -0.1) is 0 Å². The Kier molecular flexibility index (Phi) is 2.88. The molecule has 0 amide bonds. The minimum atomic E-state index is -4.31. The van der Waals surface area contributed by atoms with E-state index in [1.165, 1.54) is 19.2 Å². The van der Waals surface area contributed by atoms with E-state index < -0.39 is 18.3 Å². The van der Waals surface area contributed by atoms with Gasteiger partial charge in [0, 0.05) is 11.6 Å². The van der Waals surface area contributed by atoms with Crippen molar-refractivity contribution in [1.29, 1.82) is 0 Å². The van der Waals surface area contributed by atoms with Gasteiger partial charge in [0.2, 0.25) is 0 Å². The van der Waals surface area contributed by atoms with Crippen LogP contribution >= 0.6 is 0 Å². The highest BCUT2D eigenvalue weighted by molar-refractivity contribution is 5.39. The topological polar surface area (TPSA) is 29.5 Å². The lowest BCUT2D eigenvalue weighted by Crippen LogP contribution is -2.11. The molecule has 0 aromatic heterocycles. The van der Waals surface area contributed by atoms with Gasteiger partial charge in [0.15, 0.2) is 0 Å². The quantitative estimate of drug-likeness (QED) is 0.805. The zero-order valence-electron chi connectivity index (χ0n) is 7.43. The molecular weight excluding hydrogens is 197 g/mol. The van der Waals surface area contributed by atoms with Crippen molar-refractivity contribution in [1.82, 2.24) is 0 Å². The van der Waals surface area contributed by atoms with E-state index in [1.54, 1.807) is 0 Å². The molecule has 0 unspecified atom stereocenters. The van der Waals surface area contributed by atoms with Gasteiger partial charge in [-0.25, -0.2) is 0 Å². The molecule has 0 aliphatic carbocycles. The molecule has 1 aromatic carbocycles. The zero-order valence-corrected chi connectivity index (χ0v) is 7.43. The molecule has 0 bridgehead atoms. The SMILES string of the molecule is COc1ccc(CC(F)(F)F)c(O)c1. The molecule has 2 nitrogen and oxygen atoms in total. The molecule has 0 saturated carbocycles. The Hall–Kier alpha value is -1.39. The predicted molar refractivity (Wildman–Crippen MR) is 44.4 cm³/mol. The van der Waals surface area contributed by atoms with E-state index in [2.05, 4.69) is 0 Å². The molecule has 5 heteroatoms. The predicted octanol–water partition coefficient (Wildman–Crippen LogP) is 2.51. The Morgan fingerprint density at radius 1 is 1.36 bits per heavy atom. The van der Waals surface area contributed by atoms with E-state index in [4.69, 9.17) is 4.74 Å². The number of hydrogen-bond acceptors (Lipinski definition) is 2. The van der Waals surface area contributed by atoms with Crippen LogP contribution in [0.3, 0.4) is 0 Å². The molecule has 0 heterocycles. The first-order chi connectivity index (χ1) is 6.42. The molecule has 0 radical (unpaired) electrons. The van der Waals surface area contributed by atoms with Crippen molar-refractivity contribution >= 4 is 0 Å². The van der Waals surface area contributed by atoms with Gasteiger partial charge in [0.1, 0.15) is 11.5 Å². The Morgan fingerprint density at radius 3 is 2.43 bits per heavy atom. The average molecular weight is 206 g/mol. The monoisotopic (exact) mass is 206 g/mol. The first kappa shape index (κ1) is 10.7. The molecule has 78 valence electrons. The van der Waals surface area contributed by atoms with Crippen molar-refractivity contribution in [3.05, 3.63) is 23.8 Å². The van der Waals surface area contributed by atoms with Crippen LogP contribution in [0.25, 0.3) is 0 Å². The number of rotatable bonds is 2. The lowest BCUT2D eigenvalue weighted by Gasteiger charge is -2.09. The molecule has 1 rings (SSSR count). The highest BCUT2D eigenvalue weighted by Gasteiger charge is 2.28. The molecule has 0 aliphatic heterocycles. The van der Waals surface area contributed by atoms with Crippen molar-refractivity contribution in [2.24, 2.45) is 0 Å². The largest absolute Gasteiger partial charge is 0.508 e. The second-order valence-corrected chi connectivity index (χ2v) is 2.79. The van der Waals surface area contributed by atoms with Crippen LogP contribution in [0.1, 0.15) is 5.56 Å². The Labute approximate surface area is 78.9 Å². The number of benzene rings is 1. The summed E-state index contributed by atoms with van der Waals surface area (Å²) in [6, 6.07) is 3.73. The van der Waals surface area contributed by atoms with Crippen LogP contribution in [-0.2, 0) is 6.42 Å². The fourth-order valence-corrected chi connectivity index (χ4v) is 1.04. The molecule has 0 fully saturated rings. The Balaban J connectivity index is 2.89. The maximum absolute atomic E-state index is 12.0. The van der Waals surface area contributed by atoms with Crippen molar-refractivity contribution in [3.8, 4) is 11.5 Å². The van der Waals surface area contributed by atoms with E-state index in [9.17, 15) is 18.3 Å². The van der Waals surface area contributed by atoms with Crippen molar-refractivity contribution < 1.29 is 23.0 Å². The van der Waals surface area contributed by atoms with Gasteiger partial charge in [0.05, 0.1) is 13.5 Å². The standard InChI is InChI=1S/C9H9F3O2/c1-14-7-3-2-6(8(13)4-7)5-9(10,11)12/h2-4,13H,5H2,1H3. The molecule has 0 spiro atoms. The number of ether oxygens (including phenoxy) is 1. The molecule has 1 N–H and O–H groups in total.